The summed E-state index contributed by atoms with van der Waals surface area (Å²) in [6.45, 7) is 7.93. The summed E-state index contributed by atoms with van der Waals surface area (Å²) in [5, 5.41) is 2.76. The fraction of sp³-hybridized carbons (Fsp3) is 0.160. The summed E-state index contributed by atoms with van der Waals surface area (Å²) in [4.78, 5) is 33.1. The highest BCUT2D eigenvalue weighted by Crippen LogP contribution is 2.42. The van der Waals surface area contributed by atoms with Gasteiger partial charge in [0.1, 0.15) is 17.9 Å². The predicted molar refractivity (Wildman–Crippen MR) is 125 cm³/mol. The standard InChI is InChI=1S/C25H20N2O4S/c1-4-9-30-17-7-5-6-16(13-17)21-20-22(28)18-11-14(2)15(3)12-19(18)31-23(20)24(29)27(21)25-26-8-10-32-25/h4-8,10-13,21H,1,9H2,2-3H3/t21-/m0/s1. The Kier molecular flexibility index (Phi) is 4.90. The Morgan fingerprint density at radius 2 is 2.03 bits per heavy atom. The molecule has 5 rings (SSSR count). The average molecular weight is 445 g/mol. The van der Waals surface area contributed by atoms with E-state index in [2.05, 4.69) is 11.6 Å². The van der Waals surface area contributed by atoms with Crippen molar-refractivity contribution in [1.82, 2.24) is 4.98 Å². The largest absolute Gasteiger partial charge is 0.490 e. The Balaban J connectivity index is 1.77. The van der Waals surface area contributed by atoms with Crippen LogP contribution in [0.2, 0.25) is 0 Å². The Labute approximate surface area is 188 Å². The molecule has 0 spiro atoms. The molecule has 2 aromatic heterocycles. The van der Waals surface area contributed by atoms with Crippen LogP contribution >= 0.6 is 11.3 Å². The summed E-state index contributed by atoms with van der Waals surface area (Å²) < 4.78 is 11.7. The van der Waals surface area contributed by atoms with Gasteiger partial charge >= 0.3 is 0 Å². The van der Waals surface area contributed by atoms with Crippen molar-refractivity contribution in [2.75, 3.05) is 11.5 Å². The van der Waals surface area contributed by atoms with E-state index >= 15 is 0 Å². The molecular formula is C25H20N2O4S. The molecule has 0 N–H and O–H groups in total. The molecule has 0 radical (unpaired) electrons. The monoisotopic (exact) mass is 444 g/mol. The highest BCUT2D eigenvalue weighted by Gasteiger charge is 2.44. The number of aryl methyl sites for hydroxylation is 2. The van der Waals surface area contributed by atoms with E-state index in [1.807, 2.05) is 50.2 Å². The summed E-state index contributed by atoms with van der Waals surface area (Å²) in [7, 11) is 0. The fourth-order valence-electron chi connectivity index (χ4n) is 4.01. The fourth-order valence-corrected chi connectivity index (χ4v) is 4.67. The number of carbonyl (C=O) groups excluding carboxylic acids is 1. The van der Waals surface area contributed by atoms with Crippen molar-refractivity contribution in [3.05, 3.63) is 98.9 Å². The Morgan fingerprint density at radius 1 is 1.22 bits per heavy atom. The lowest BCUT2D eigenvalue weighted by Crippen LogP contribution is -2.29. The van der Waals surface area contributed by atoms with Gasteiger partial charge in [0, 0.05) is 11.6 Å². The summed E-state index contributed by atoms with van der Waals surface area (Å²) in [5.74, 6) is 0.303. The lowest BCUT2D eigenvalue weighted by Gasteiger charge is -2.23. The molecule has 0 saturated carbocycles. The topological polar surface area (TPSA) is 72.6 Å². The minimum absolute atomic E-state index is 0.0587. The quantitative estimate of drug-likeness (QED) is 0.397. The lowest BCUT2D eigenvalue weighted by molar-refractivity contribution is 0.0971. The van der Waals surface area contributed by atoms with Gasteiger partial charge in [0.05, 0.1) is 17.0 Å². The van der Waals surface area contributed by atoms with Gasteiger partial charge in [-0.3, -0.25) is 14.5 Å². The van der Waals surface area contributed by atoms with E-state index in [1.54, 1.807) is 17.7 Å². The first kappa shape index (κ1) is 20.2. The average Bonchev–Trinajstić information content (AvgIpc) is 3.41. The maximum Gasteiger partial charge on any atom is 0.297 e. The van der Waals surface area contributed by atoms with Gasteiger partial charge in [-0.2, -0.15) is 0 Å². The van der Waals surface area contributed by atoms with Crippen LogP contribution in [0.15, 0.2) is 69.8 Å². The molecule has 3 heterocycles. The maximum atomic E-state index is 13.7. The van der Waals surface area contributed by atoms with Crippen LogP contribution in [0.3, 0.4) is 0 Å². The van der Waals surface area contributed by atoms with Crippen molar-refractivity contribution in [1.29, 1.82) is 0 Å². The Bertz CT molecular complexity index is 1420. The predicted octanol–water partition coefficient (Wildman–Crippen LogP) is 5.18. The third kappa shape index (κ3) is 3.13. The van der Waals surface area contributed by atoms with Gasteiger partial charge < -0.3 is 9.15 Å². The summed E-state index contributed by atoms with van der Waals surface area (Å²) in [5.41, 5.74) is 3.24. The van der Waals surface area contributed by atoms with Crippen molar-refractivity contribution < 1.29 is 13.9 Å². The SMILES string of the molecule is C=CCOc1cccc([C@H]2c3c(oc4cc(C)c(C)cc4c3=O)C(=O)N2c2nccs2)c1. The molecule has 1 atom stereocenters. The van der Waals surface area contributed by atoms with Crippen molar-refractivity contribution in [2.45, 2.75) is 19.9 Å². The second kappa shape index (κ2) is 7.76. The van der Waals surface area contributed by atoms with E-state index in [9.17, 15) is 9.59 Å². The van der Waals surface area contributed by atoms with Crippen LogP contribution in [0.4, 0.5) is 5.13 Å². The highest BCUT2D eigenvalue weighted by molar-refractivity contribution is 7.13. The number of anilines is 1. The van der Waals surface area contributed by atoms with E-state index in [0.717, 1.165) is 16.7 Å². The number of amides is 1. The molecule has 6 nitrogen and oxygen atoms in total. The molecule has 0 bridgehead atoms. The van der Waals surface area contributed by atoms with Gasteiger partial charge in [0.25, 0.3) is 5.91 Å². The second-order valence-corrected chi connectivity index (χ2v) is 8.54. The number of thiazole rings is 1. The first-order chi connectivity index (χ1) is 15.5. The van der Waals surface area contributed by atoms with Gasteiger partial charge in [0.2, 0.25) is 5.76 Å². The highest BCUT2D eigenvalue weighted by atomic mass is 32.1. The first-order valence-electron chi connectivity index (χ1n) is 10.1. The molecule has 1 aliphatic rings. The number of hydrogen-bond donors (Lipinski definition) is 0. The zero-order chi connectivity index (χ0) is 22.4. The molecule has 0 aliphatic carbocycles. The van der Waals surface area contributed by atoms with Gasteiger partial charge in [-0.25, -0.2) is 4.98 Å². The molecule has 0 saturated heterocycles. The number of hydrogen-bond acceptors (Lipinski definition) is 6. The zero-order valence-corrected chi connectivity index (χ0v) is 18.4. The number of carbonyl (C=O) groups is 1. The van der Waals surface area contributed by atoms with Crippen LogP contribution in [0.1, 0.15) is 38.9 Å². The van der Waals surface area contributed by atoms with Crippen molar-refractivity contribution >= 4 is 33.3 Å². The minimum Gasteiger partial charge on any atom is -0.490 e. The zero-order valence-electron chi connectivity index (χ0n) is 17.6. The molecule has 2 aromatic carbocycles. The molecule has 4 aromatic rings. The van der Waals surface area contributed by atoms with Crippen molar-refractivity contribution in [3.8, 4) is 5.75 Å². The summed E-state index contributed by atoms with van der Waals surface area (Å²) >= 11 is 1.33. The first-order valence-corrected chi connectivity index (χ1v) is 11.0. The molecule has 7 heteroatoms. The van der Waals surface area contributed by atoms with Crippen LogP contribution in [-0.4, -0.2) is 17.5 Å². The summed E-state index contributed by atoms with van der Waals surface area (Å²) in [6, 6.07) is 10.3. The third-order valence-corrected chi connectivity index (χ3v) is 6.42. The van der Waals surface area contributed by atoms with Gasteiger partial charge in [-0.1, -0.05) is 24.8 Å². The van der Waals surface area contributed by atoms with E-state index in [-0.39, 0.29) is 17.1 Å². The van der Waals surface area contributed by atoms with Crippen LogP contribution in [0.25, 0.3) is 11.0 Å². The minimum atomic E-state index is -0.668. The van der Waals surface area contributed by atoms with Crippen molar-refractivity contribution in [3.63, 3.8) is 0 Å². The Hall–Kier alpha value is -3.71. The van der Waals surface area contributed by atoms with Gasteiger partial charge in [-0.05, 0) is 54.8 Å². The number of ether oxygens (including phenoxy) is 1. The van der Waals surface area contributed by atoms with E-state index in [0.29, 0.717) is 34.0 Å². The number of rotatable bonds is 5. The van der Waals surface area contributed by atoms with Crippen molar-refractivity contribution in [2.24, 2.45) is 0 Å². The number of aromatic nitrogens is 1. The van der Waals surface area contributed by atoms with Gasteiger partial charge in [-0.15, -0.1) is 11.3 Å². The van der Waals surface area contributed by atoms with Crippen LogP contribution in [0.5, 0.6) is 5.75 Å². The maximum absolute atomic E-state index is 13.7. The van der Waals surface area contributed by atoms with Crippen LogP contribution in [-0.2, 0) is 0 Å². The normalized spacial score (nSPS) is 15.2. The Morgan fingerprint density at radius 3 is 2.78 bits per heavy atom. The second-order valence-electron chi connectivity index (χ2n) is 7.67. The van der Waals surface area contributed by atoms with E-state index in [4.69, 9.17) is 9.15 Å². The molecule has 1 amide bonds. The van der Waals surface area contributed by atoms with E-state index < -0.39 is 6.04 Å². The molecule has 0 fully saturated rings. The molecule has 32 heavy (non-hydrogen) atoms. The van der Waals surface area contributed by atoms with E-state index in [1.165, 1.54) is 16.2 Å². The molecular weight excluding hydrogens is 424 g/mol. The molecule has 1 aliphatic heterocycles. The smallest absolute Gasteiger partial charge is 0.297 e. The van der Waals surface area contributed by atoms with Crippen LogP contribution < -0.4 is 15.1 Å². The van der Waals surface area contributed by atoms with Gasteiger partial charge in [0.15, 0.2) is 10.6 Å². The third-order valence-electron chi connectivity index (χ3n) is 5.65. The number of nitrogens with zero attached hydrogens (tertiary/aromatic N) is 2. The number of benzene rings is 2. The lowest BCUT2D eigenvalue weighted by atomic mass is 9.97. The molecule has 0 unspecified atom stereocenters. The summed E-state index contributed by atoms with van der Waals surface area (Å²) in [6.07, 6.45) is 3.30. The number of fused-ring (bicyclic) bond motifs is 2. The molecule has 160 valence electrons. The van der Waals surface area contributed by atoms with Crippen LogP contribution in [0, 0.1) is 13.8 Å².